The molecule has 0 saturated carbocycles. The number of carbonyl (C=O) groups excluding carboxylic acids is 4. The Labute approximate surface area is 123 Å². The molecule has 1 aliphatic rings. The van der Waals surface area contributed by atoms with Gasteiger partial charge in [-0.1, -0.05) is 13.3 Å². The number of ketones is 1. The second kappa shape index (κ2) is 7.75. The molecule has 7 nitrogen and oxygen atoms in total. The third kappa shape index (κ3) is 3.59. The summed E-state index contributed by atoms with van der Waals surface area (Å²) >= 11 is 0. The number of esters is 2. The Bertz CT molecular complexity index is 433. The molecule has 0 aromatic heterocycles. The van der Waals surface area contributed by atoms with Crippen molar-refractivity contribution < 1.29 is 28.7 Å². The molecule has 1 amide bonds. The van der Waals surface area contributed by atoms with Gasteiger partial charge in [0.15, 0.2) is 12.0 Å². The summed E-state index contributed by atoms with van der Waals surface area (Å²) in [7, 11) is 0. The van der Waals surface area contributed by atoms with Crippen molar-refractivity contribution in [3.05, 3.63) is 0 Å². The quantitative estimate of drug-likeness (QED) is 0.382. The molecule has 7 heteroatoms. The van der Waals surface area contributed by atoms with Crippen LogP contribution in [-0.4, -0.2) is 54.3 Å². The molecular formula is C14H21NO6. The number of Topliss-reactive ketones (excluding diaryl/α,β-unsaturated/α-hetero) is 1. The third-order valence-corrected chi connectivity index (χ3v) is 3.23. The van der Waals surface area contributed by atoms with Crippen LogP contribution in [0, 0.1) is 5.92 Å². The van der Waals surface area contributed by atoms with E-state index in [-0.39, 0.29) is 19.8 Å². The highest BCUT2D eigenvalue weighted by atomic mass is 16.5. The number of unbranched alkanes of at least 4 members (excludes halogenated alkanes) is 1. The van der Waals surface area contributed by atoms with E-state index < -0.39 is 35.6 Å². The lowest BCUT2D eigenvalue weighted by atomic mass is 9.99. The van der Waals surface area contributed by atoms with Gasteiger partial charge in [-0.15, -0.1) is 0 Å². The molecule has 0 spiro atoms. The van der Waals surface area contributed by atoms with E-state index in [1.54, 1.807) is 13.8 Å². The van der Waals surface area contributed by atoms with Crippen LogP contribution in [0.4, 0.5) is 0 Å². The van der Waals surface area contributed by atoms with Gasteiger partial charge in [-0.3, -0.25) is 14.4 Å². The molecule has 2 atom stereocenters. The third-order valence-electron chi connectivity index (χ3n) is 3.23. The van der Waals surface area contributed by atoms with Gasteiger partial charge in [0.1, 0.15) is 0 Å². The number of hydrogen-bond donors (Lipinski definition) is 0. The fraction of sp³-hybridized carbons (Fsp3) is 0.714. The van der Waals surface area contributed by atoms with Crippen LogP contribution >= 0.6 is 0 Å². The van der Waals surface area contributed by atoms with E-state index in [0.717, 1.165) is 11.3 Å². The van der Waals surface area contributed by atoms with Gasteiger partial charge in [0.25, 0.3) is 5.91 Å². The first kappa shape index (κ1) is 17.1. The minimum atomic E-state index is -1.42. The van der Waals surface area contributed by atoms with Crippen molar-refractivity contribution in [3.8, 4) is 0 Å². The van der Waals surface area contributed by atoms with E-state index in [4.69, 9.17) is 9.47 Å². The van der Waals surface area contributed by atoms with Crippen LogP contribution in [0.15, 0.2) is 0 Å². The summed E-state index contributed by atoms with van der Waals surface area (Å²) in [5.41, 5.74) is 0. The van der Waals surface area contributed by atoms with Gasteiger partial charge in [0, 0.05) is 6.54 Å². The van der Waals surface area contributed by atoms with E-state index in [0.29, 0.717) is 6.42 Å². The number of rotatable bonds is 7. The Morgan fingerprint density at radius 3 is 2.14 bits per heavy atom. The van der Waals surface area contributed by atoms with E-state index >= 15 is 0 Å². The van der Waals surface area contributed by atoms with E-state index in [9.17, 15) is 19.2 Å². The van der Waals surface area contributed by atoms with Crippen LogP contribution in [0.25, 0.3) is 0 Å². The number of ether oxygens (including phenoxy) is 2. The summed E-state index contributed by atoms with van der Waals surface area (Å²) < 4.78 is 9.71. The maximum Gasteiger partial charge on any atom is 0.330 e. The lowest BCUT2D eigenvalue weighted by Crippen LogP contribution is -2.45. The van der Waals surface area contributed by atoms with E-state index in [1.165, 1.54) is 0 Å². The highest BCUT2D eigenvalue weighted by molar-refractivity contribution is 6.43. The summed E-state index contributed by atoms with van der Waals surface area (Å²) in [6, 6.07) is -1.21. The van der Waals surface area contributed by atoms with Crippen LogP contribution in [0.5, 0.6) is 0 Å². The Kier molecular flexibility index (Phi) is 6.33. The summed E-state index contributed by atoms with van der Waals surface area (Å²) in [5.74, 6) is -4.74. The first-order valence-electron chi connectivity index (χ1n) is 7.17. The van der Waals surface area contributed by atoms with Crippen molar-refractivity contribution in [3.63, 3.8) is 0 Å². The number of amides is 1. The molecule has 0 aliphatic carbocycles. The normalized spacial score (nSPS) is 21.6. The number of nitrogens with zero attached hydrogens (tertiary/aromatic N) is 1. The lowest BCUT2D eigenvalue weighted by molar-refractivity contribution is -0.160. The predicted octanol–water partition coefficient (Wildman–Crippen LogP) is 0.309. The zero-order chi connectivity index (χ0) is 16.0. The smallest absolute Gasteiger partial charge is 0.330 e. The molecule has 1 saturated heterocycles. The zero-order valence-electron chi connectivity index (χ0n) is 12.6. The maximum absolute atomic E-state index is 12.1. The molecule has 0 aromatic rings. The van der Waals surface area contributed by atoms with Gasteiger partial charge >= 0.3 is 11.9 Å². The van der Waals surface area contributed by atoms with E-state index in [2.05, 4.69) is 0 Å². The van der Waals surface area contributed by atoms with Gasteiger partial charge in [0.2, 0.25) is 5.78 Å². The average molecular weight is 299 g/mol. The van der Waals surface area contributed by atoms with Crippen molar-refractivity contribution in [2.75, 3.05) is 19.8 Å². The van der Waals surface area contributed by atoms with Crippen molar-refractivity contribution in [2.24, 2.45) is 5.92 Å². The zero-order valence-corrected chi connectivity index (χ0v) is 12.6. The van der Waals surface area contributed by atoms with Gasteiger partial charge in [0.05, 0.1) is 13.2 Å². The average Bonchev–Trinajstić information content (AvgIpc) is 2.70. The van der Waals surface area contributed by atoms with Gasteiger partial charge in [-0.25, -0.2) is 4.79 Å². The molecule has 1 rings (SSSR count). The molecule has 0 bridgehead atoms. The van der Waals surface area contributed by atoms with Crippen LogP contribution in [0.1, 0.15) is 33.6 Å². The van der Waals surface area contributed by atoms with Crippen molar-refractivity contribution in [1.82, 2.24) is 4.90 Å². The standard InChI is InChI=1S/C14H21NO6/c1-4-7-8-15-10(14(19)21-6-3)9(11(16)12(15)17)13(18)20-5-2/h9-10H,4-8H2,1-3H3/t9-,10+/m1/s1. The summed E-state index contributed by atoms with van der Waals surface area (Å²) in [6.45, 7) is 5.54. The van der Waals surface area contributed by atoms with Crippen molar-refractivity contribution in [2.45, 2.75) is 39.7 Å². The first-order chi connectivity index (χ1) is 9.99. The molecule has 0 aromatic carbocycles. The summed E-state index contributed by atoms with van der Waals surface area (Å²) in [4.78, 5) is 49.1. The Hall–Kier alpha value is -1.92. The van der Waals surface area contributed by atoms with Gasteiger partial charge < -0.3 is 14.4 Å². The van der Waals surface area contributed by atoms with Crippen molar-refractivity contribution >= 4 is 23.6 Å². The first-order valence-corrected chi connectivity index (χ1v) is 7.17. The number of carbonyl (C=O) groups is 4. The molecule has 0 N–H and O–H groups in total. The SMILES string of the molecule is CCCCN1C(=O)C(=O)[C@H](C(=O)OCC)[C@H]1C(=O)OCC. The van der Waals surface area contributed by atoms with Crippen LogP contribution in [0.3, 0.4) is 0 Å². The molecule has 0 radical (unpaired) electrons. The minimum absolute atomic E-state index is 0.0707. The van der Waals surface area contributed by atoms with Gasteiger partial charge in [-0.05, 0) is 20.3 Å². The molecule has 118 valence electrons. The molecular weight excluding hydrogens is 278 g/mol. The Balaban J connectivity index is 3.07. The number of likely N-dealkylation sites (tertiary alicyclic amines) is 1. The van der Waals surface area contributed by atoms with E-state index in [1.807, 2.05) is 6.92 Å². The van der Waals surface area contributed by atoms with Gasteiger partial charge in [-0.2, -0.15) is 0 Å². The fourth-order valence-corrected chi connectivity index (χ4v) is 2.25. The van der Waals surface area contributed by atoms with Crippen LogP contribution < -0.4 is 0 Å². The lowest BCUT2D eigenvalue weighted by Gasteiger charge is -2.24. The number of hydrogen-bond acceptors (Lipinski definition) is 6. The second-order valence-corrected chi connectivity index (χ2v) is 4.64. The predicted molar refractivity (Wildman–Crippen MR) is 72.2 cm³/mol. The highest BCUT2D eigenvalue weighted by Gasteiger charge is 2.55. The Morgan fingerprint density at radius 1 is 1.05 bits per heavy atom. The minimum Gasteiger partial charge on any atom is -0.465 e. The van der Waals surface area contributed by atoms with Crippen LogP contribution in [0.2, 0.25) is 0 Å². The molecule has 21 heavy (non-hydrogen) atoms. The molecule has 1 aliphatic heterocycles. The fourth-order valence-electron chi connectivity index (χ4n) is 2.25. The highest BCUT2D eigenvalue weighted by Crippen LogP contribution is 2.26. The second-order valence-electron chi connectivity index (χ2n) is 4.64. The van der Waals surface area contributed by atoms with Crippen molar-refractivity contribution in [1.29, 1.82) is 0 Å². The molecule has 1 heterocycles. The van der Waals surface area contributed by atoms with Crippen LogP contribution in [-0.2, 0) is 28.7 Å². The summed E-state index contributed by atoms with van der Waals surface area (Å²) in [5, 5.41) is 0. The molecule has 0 unspecified atom stereocenters. The Morgan fingerprint density at radius 2 is 1.62 bits per heavy atom. The molecule has 1 fully saturated rings. The summed E-state index contributed by atoms with van der Waals surface area (Å²) in [6.07, 6.45) is 1.42. The maximum atomic E-state index is 12.1. The topological polar surface area (TPSA) is 90.0 Å². The monoisotopic (exact) mass is 299 g/mol. The largest absolute Gasteiger partial charge is 0.465 e.